The van der Waals surface area contributed by atoms with E-state index in [9.17, 15) is 0 Å². The summed E-state index contributed by atoms with van der Waals surface area (Å²) in [6.45, 7) is 0. The smallest absolute Gasteiger partial charge is 0.213 e. The Morgan fingerprint density at radius 1 is 1.00 bits per heavy atom. The predicted molar refractivity (Wildman–Crippen MR) is 28.6 cm³/mol. The minimum Gasteiger partial charge on any atom is -0.343 e. The van der Waals surface area contributed by atoms with E-state index in [1.165, 1.54) is 25.1 Å². The lowest BCUT2D eigenvalue weighted by molar-refractivity contribution is 0.307. The van der Waals surface area contributed by atoms with Crippen LogP contribution in [0.2, 0.25) is 0 Å². The number of nitrogens with zero attached hydrogens (tertiary/aromatic N) is 4. The zero-order valence-electron chi connectivity index (χ0n) is 4.91. The van der Waals surface area contributed by atoms with E-state index in [4.69, 9.17) is 0 Å². The van der Waals surface area contributed by atoms with E-state index < -0.39 is 0 Å². The van der Waals surface area contributed by atoms with Crippen molar-refractivity contribution >= 4 is 0 Å². The lowest BCUT2D eigenvalue weighted by Crippen LogP contribution is -1.44. The average Bonchev–Trinajstić information content (AvgIpc) is 2.67. The summed E-state index contributed by atoms with van der Waals surface area (Å²) in [4.78, 5) is 3.44. The largest absolute Gasteiger partial charge is 0.343 e. The maximum absolute atomic E-state index is 4.22. The van der Waals surface area contributed by atoms with Gasteiger partial charge in [0.15, 0.2) is 6.33 Å². The standard InChI is InChI=1S/2C2H2N2O/c1-3-2-5-4-1;1-2-4-5-3-1/h2*1-2H. The fourth-order valence-electron chi connectivity index (χ4n) is 0.272. The third-order valence-corrected chi connectivity index (χ3v) is 0.565. The maximum Gasteiger partial charge on any atom is 0.213 e. The first-order chi connectivity index (χ1) is 5.00. The Morgan fingerprint density at radius 2 is 1.80 bits per heavy atom. The van der Waals surface area contributed by atoms with Crippen molar-refractivity contribution in [2.24, 2.45) is 0 Å². The average molecular weight is 140 g/mol. The molecule has 0 aromatic carbocycles. The second kappa shape index (κ2) is 4.19. The number of hydrogen-bond donors (Lipinski definition) is 0. The third-order valence-electron chi connectivity index (χ3n) is 0.565. The fraction of sp³-hybridized carbons (Fsp3) is 0. The Hall–Kier alpha value is -1.72. The summed E-state index contributed by atoms with van der Waals surface area (Å²) in [5, 5.41) is 9.71. The summed E-state index contributed by atoms with van der Waals surface area (Å²) >= 11 is 0. The molecule has 6 heteroatoms. The Labute approximate surface area is 55.8 Å². The summed E-state index contributed by atoms with van der Waals surface area (Å²) in [5.74, 6) is 0. The van der Waals surface area contributed by atoms with E-state index in [2.05, 4.69) is 29.6 Å². The van der Waals surface area contributed by atoms with E-state index in [0.717, 1.165) is 0 Å². The Kier molecular flexibility index (Phi) is 2.68. The fourth-order valence-corrected chi connectivity index (χ4v) is 0.272. The summed E-state index contributed by atoms with van der Waals surface area (Å²) in [6.07, 6.45) is 5.54. The molecule has 0 saturated heterocycles. The van der Waals surface area contributed by atoms with Crippen molar-refractivity contribution in [2.75, 3.05) is 0 Å². The lowest BCUT2D eigenvalue weighted by atomic mass is 11.0. The van der Waals surface area contributed by atoms with Crippen LogP contribution in [0.25, 0.3) is 0 Å². The van der Waals surface area contributed by atoms with Crippen LogP contribution in [-0.4, -0.2) is 20.5 Å². The van der Waals surface area contributed by atoms with Crippen molar-refractivity contribution in [1.82, 2.24) is 20.5 Å². The van der Waals surface area contributed by atoms with Gasteiger partial charge in [-0.1, -0.05) is 15.5 Å². The number of rotatable bonds is 0. The van der Waals surface area contributed by atoms with Crippen molar-refractivity contribution < 1.29 is 9.15 Å². The summed E-state index contributed by atoms with van der Waals surface area (Å²) in [6, 6.07) is 0. The van der Waals surface area contributed by atoms with E-state index in [-0.39, 0.29) is 0 Å². The molecule has 0 unspecified atom stereocenters. The molecule has 52 valence electrons. The minimum absolute atomic E-state index is 1.26. The molecule has 0 spiro atoms. The molecular weight excluding hydrogens is 136 g/mol. The molecule has 2 aromatic heterocycles. The van der Waals surface area contributed by atoms with Crippen molar-refractivity contribution in [2.45, 2.75) is 0 Å². The lowest BCUT2D eigenvalue weighted by Gasteiger charge is -1.45. The summed E-state index contributed by atoms with van der Waals surface area (Å²) < 4.78 is 8.31. The molecule has 0 radical (unpaired) electrons. The normalized spacial score (nSPS) is 8.00. The van der Waals surface area contributed by atoms with Crippen LogP contribution in [0.5, 0.6) is 0 Å². The van der Waals surface area contributed by atoms with Crippen LogP contribution in [0.4, 0.5) is 0 Å². The van der Waals surface area contributed by atoms with Crippen molar-refractivity contribution in [3.63, 3.8) is 0 Å². The van der Waals surface area contributed by atoms with Crippen LogP contribution in [0.15, 0.2) is 34.3 Å². The third kappa shape index (κ3) is 2.55. The molecule has 0 amide bonds. The molecule has 2 aromatic rings. The van der Waals surface area contributed by atoms with Gasteiger partial charge in [-0.15, -0.1) is 0 Å². The van der Waals surface area contributed by atoms with E-state index in [1.54, 1.807) is 0 Å². The van der Waals surface area contributed by atoms with E-state index in [0.29, 0.717) is 0 Å². The highest BCUT2D eigenvalue weighted by Crippen LogP contribution is 1.63. The predicted octanol–water partition coefficient (Wildman–Crippen LogP) is 0.139. The first-order valence-corrected chi connectivity index (χ1v) is 2.41. The maximum atomic E-state index is 4.22. The van der Waals surface area contributed by atoms with E-state index in [1.807, 2.05) is 0 Å². The van der Waals surface area contributed by atoms with Gasteiger partial charge >= 0.3 is 0 Å². The Morgan fingerprint density at radius 3 is 2.00 bits per heavy atom. The van der Waals surface area contributed by atoms with Crippen LogP contribution in [0.1, 0.15) is 0 Å². The Balaban J connectivity index is 0.0000001000. The number of hydrogen-bond acceptors (Lipinski definition) is 6. The van der Waals surface area contributed by atoms with Gasteiger partial charge < -0.3 is 4.52 Å². The molecule has 0 aliphatic carbocycles. The van der Waals surface area contributed by atoms with Gasteiger partial charge in [0.2, 0.25) is 6.39 Å². The molecule has 2 heterocycles. The van der Waals surface area contributed by atoms with Gasteiger partial charge in [0, 0.05) is 0 Å². The molecule has 0 saturated carbocycles. The van der Waals surface area contributed by atoms with E-state index >= 15 is 0 Å². The topological polar surface area (TPSA) is 77.8 Å². The second-order valence-electron chi connectivity index (χ2n) is 1.17. The molecular formula is C4H4N4O2. The van der Waals surface area contributed by atoms with Crippen molar-refractivity contribution in [3.05, 3.63) is 25.1 Å². The quantitative estimate of drug-likeness (QED) is 0.517. The molecule has 10 heavy (non-hydrogen) atoms. The zero-order chi connectivity index (χ0) is 7.07. The Bertz CT molecular complexity index is 154. The zero-order valence-corrected chi connectivity index (χ0v) is 4.91. The highest BCUT2D eigenvalue weighted by Gasteiger charge is 1.61. The monoisotopic (exact) mass is 140 g/mol. The molecule has 0 aliphatic heterocycles. The van der Waals surface area contributed by atoms with Crippen molar-refractivity contribution in [1.29, 1.82) is 0 Å². The van der Waals surface area contributed by atoms with Gasteiger partial charge in [-0.05, 0) is 0 Å². The van der Waals surface area contributed by atoms with Gasteiger partial charge in [0.05, 0.1) is 12.4 Å². The van der Waals surface area contributed by atoms with Crippen molar-refractivity contribution in [3.8, 4) is 0 Å². The molecule has 0 fully saturated rings. The summed E-state index contributed by atoms with van der Waals surface area (Å²) in [7, 11) is 0. The highest BCUT2D eigenvalue weighted by atomic mass is 16.6. The van der Waals surface area contributed by atoms with Crippen LogP contribution >= 0.6 is 0 Å². The van der Waals surface area contributed by atoms with Crippen LogP contribution in [0, 0.1) is 0 Å². The number of aromatic nitrogens is 4. The second-order valence-corrected chi connectivity index (χ2v) is 1.17. The molecule has 0 aliphatic rings. The first-order valence-electron chi connectivity index (χ1n) is 2.41. The van der Waals surface area contributed by atoms with Gasteiger partial charge in [-0.2, -0.15) is 0 Å². The SMILES string of the molecule is c1cnon1.c1ncon1. The highest BCUT2D eigenvalue weighted by molar-refractivity contribution is 4.51. The van der Waals surface area contributed by atoms with Gasteiger partial charge in [-0.25, -0.2) is 9.61 Å². The van der Waals surface area contributed by atoms with Gasteiger partial charge in [0.1, 0.15) is 0 Å². The minimum atomic E-state index is 1.26. The molecule has 2 rings (SSSR count). The van der Waals surface area contributed by atoms with Crippen LogP contribution in [-0.2, 0) is 0 Å². The molecule has 0 N–H and O–H groups in total. The summed E-state index contributed by atoms with van der Waals surface area (Å²) in [5.41, 5.74) is 0. The van der Waals surface area contributed by atoms with Crippen LogP contribution in [0.3, 0.4) is 0 Å². The molecule has 6 nitrogen and oxygen atoms in total. The van der Waals surface area contributed by atoms with Gasteiger partial charge in [-0.3, -0.25) is 0 Å². The first kappa shape index (κ1) is 6.40. The van der Waals surface area contributed by atoms with Gasteiger partial charge in [0.25, 0.3) is 0 Å². The van der Waals surface area contributed by atoms with Crippen LogP contribution < -0.4 is 0 Å². The molecule has 0 bridgehead atoms. The molecule has 0 atom stereocenters.